The molecule has 0 saturated heterocycles. The molecule has 14 heavy (non-hydrogen) atoms. The van der Waals surface area contributed by atoms with Crippen molar-refractivity contribution < 1.29 is 4.39 Å². The first-order chi connectivity index (χ1) is 6.74. The van der Waals surface area contributed by atoms with E-state index >= 15 is 0 Å². The predicted molar refractivity (Wildman–Crippen MR) is 56.6 cm³/mol. The van der Waals surface area contributed by atoms with Crippen LogP contribution in [-0.2, 0) is 6.54 Å². The van der Waals surface area contributed by atoms with E-state index in [2.05, 4.69) is 11.2 Å². The molecule has 0 aliphatic heterocycles. The standard InChI is InChI=1S/C11H11ClFN/c1-2-3-6-14-8-9-4-5-10(12)11(13)7-9/h1,4-5,7,14H,3,6,8H2. The third-order valence-corrected chi connectivity index (χ3v) is 2.07. The van der Waals surface area contributed by atoms with Crippen molar-refractivity contribution in [1.82, 2.24) is 5.32 Å². The zero-order valence-corrected chi connectivity index (χ0v) is 8.44. The maximum Gasteiger partial charge on any atom is 0.142 e. The zero-order chi connectivity index (χ0) is 10.4. The second kappa shape index (κ2) is 5.64. The summed E-state index contributed by atoms with van der Waals surface area (Å²) in [6.45, 7) is 1.34. The molecule has 0 bridgehead atoms. The summed E-state index contributed by atoms with van der Waals surface area (Å²) in [4.78, 5) is 0. The van der Waals surface area contributed by atoms with Gasteiger partial charge in [0.05, 0.1) is 5.02 Å². The fourth-order valence-electron chi connectivity index (χ4n) is 1.04. The second-order valence-corrected chi connectivity index (χ2v) is 3.29. The van der Waals surface area contributed by atoms with Crippen LogP contribution in [0.3, 0.4) is 0 Å². The van der Waals surface area contributed by atoms with Gasteiger partial charge in [0.15, 0.2) is 0 Å². The molecule has 3 heteroatoms. The molecule has 0 unspecified atom stereocenters. The van der Waals surface area contributed by atoms with Crippen LogP contribution in [0.1, 0.15) is 12.0 Å². The highest BCUT2D eigenvalue weighted by Crippen LogP contribution is 2.15. The summed E-state index contributed by atoms with van der Waals surface area (Å²) in [5.74, 6) is 2.13. The zero-order valence-electron chi connectivity index (χ0n) is 7.69. The van der Waals surface area contributed by atoms with Crippen molar-refractivity contribution in [2.75, 3.05) is 6.54 Å². The number of benzene rings is 1. The molecule has 1 rings (SSSR count). The largest absolute Gasteiger partial charge is 0.312 e. The first-order valence-corrected chi connectivity index (χ1v) is 4.70. The number of terminal acetylenes is 1. The van der Waals surface area contributed by atoms with E-state index in [1.54, 1.807) is 12.1 Å². The van der Waals surface area contributed by atoms with E-state index in [-0.39, 0.29) is 10.8 Å². The first-order valence-electron chi connectivity index (χ1n) is 4.32. The fourth-order valence-corrected chi connectivity index (χ4v) is 1.16. The van der Waals surface area contributed by atoms with Gasteiger partial charge in [-0.1, -0.05) is 17.7 Å². The highest BCUT2D eigenvalue weighted by molar-refractivity contribution is 6.30. The van der Waals surface area contributed by atoms with Crippen LogP contribution in [0.25, 0.3) is 0 Å². The van der Waals surface area contributed by atoms with Crippen molar-refractivity contribution in [1.29, 1.82) is 0 Å². The molecule has 1 aromatic rings. The first kappa shape index (κ1) is 11.0. The maximum atomic E-state index is 13.0. The molecule has 0 atom stereocenters. The number of hydrogen-bond donors (Lipinski definition) is 1. The summed E-state index contributed by atoms with van der Waals surface area (Å²) in [5, 5.41) is 3.25. The highest BCUT2D eigenvalue weighted by Gasteiger charge is 1.99. The number of hydrogen-bond acceptors (Lipinski definition) is 1. The van der Waals surface area contributed by atoms with Gasteiger partial charge in [-0.25, -0.2) is 4.39 Å². The molecule has 0 aliphatic rings. The Morgan fingerprint density at radius 1 is 1.50 bits per heavy atom. The van der Waals surface area contributed by atoms with Crippen LogP contribution in [0.15, 0.2) is 18.2 Å². The number of halogens is 2. The monoisotopic (exact) mass is 211 g/mol. The maximum absolute atomic E-state index is 13.0. The Morgan fingerprint density at radius 2 is 2.29 bits per heavy atom. The van der Waals surface area contributed by atoms with E-state index in [4.69, 9.17) is 18.0 Å². The molecule has 0 radical (unpaired) electrons. The summed E-state index contributed by atoms with van der Waals surface area (Å²) >= 11 is 5.54. The predicted octanol–water partition coefficient (Wildman–Crippen LogP) is 2.59. The van der Waals surface area contributed by atoms with Crippen LogP contribution in [0.5, 0.6) is 0 Å². The lowest BCUT2D eigenvalue weighted by atomic mass is 10.2. The molecule has 0 spiro atoms. The SMILES string of the molecule is C#CCCNCc1ccc(Cl)c(F)c1. The summed E-state index contributed by atoms with van der Waals surface area (Å²) in [5.41, 5.74) is 0.865. The Balaban J connectivity index is 2.44. The molecular formula is C11H11ClFN. The topological polar surface area (TPSA) is 12.0 Å². The van der Waals surface area contributed by atoms with E-state index in [1.807, 2.05) is 0 Å². The van der Waals surface area contributed by atoms with Crippen molar-refractivity contribution in [3.05, 3.63) is 34.6 Å². The number of rotatable bonds is 4. The minimum Gasteiger partial charge on any atom is -0.312 e. The average molecular weight is 212 g/mol. The van der Waals surface area contributed by atoms with E-state index < -0.39 is 0 Å². The minimum atomic E-state index is -0.386. The summed E-state index contributed by atoms with van der Waals surface area (Å²) in [6.07, 6.45) is 5.76. The Hall–Kier alpha value is -1.04. The number of nitrogens with one attached hydrogen (secondary N) is 1. The third-order valence-electron chi connectivity index (χ3n) is 1.76. The summed E-state index contributed by atoms with van der Waals surface area (Å²) < 4.78 is 13.0. The Bertz CT molecular complexity index is 344. The molecule has 0 aliphatic carbocycles. The Labute approximate surface area is 88.3 Å². The molecule has 1 N–H and O–H groups in total. The molecule has 0 heterocycles. The Kier molecular flexibility index (Phi) is 4.45. The van der Waals surface area contributed by atoms with E-state index in [1.165, 1.54) is 6.07 Å². The van der Waals surface area contributed by atoms with E-state index in [0.29, 0.717) is 13.0 Å². The minimum absolute atomic E-state index is 0.150. The quantitative estimate of drug-likeness (QED) is 0.596. The van der Waals surface area contributed by atoms with Crippen molar-refractivity contribution in [2.45, 2.75) is 13.0 Å². The van der Waals surface area contributed by atoms with Gasteiger partial charge < -0.3 is 5.32 Å². The molecule has 0 aromatic heterocycles. The van der Waals surface area contributed by atoms with Gasteiger partial charge in [-0.3, -0.25) is 0 Å². The van der Waals surface area contributed by atoms with Crippen LogP contribution in [0, 0.1) is 18.2 Å². The van der Waals surface area contributed by atoms with Gasteiger partial charge in [-0.2, -0.15) is 0 Å². The van der Waals surface area contributed by atoms with Crippen molar-refractivity contribution in [3.63, 3.8) is 0 Å². The lowest BCUT2D eigenvalue weighted by Gasteiger charge is -2.03. The molecule has 0 fully saturated rings. The molecule has 74 valence electrons. The van der Waals surface area contributed by atoms with Gasteiger partial charge in [0.25, 0.3) is 0 Å². The lowest BCUT2D eigenvalue weighted by molar-refractivity contribution is 0.621. The van der Waals surface area contributed by atoms with Gasteiger partial charge in [-0.15, -0.1) is 12.3 Å². The van der Waals surface area contributed by atoms with E-state index in [9.17, 15) is 4.39 Å². The van der Waals surface area contributed by atoms with Crippen LogP contribution in [0.4, 0.5) is 4.39 Å². The van der Waals surface area contributed by atoms with Crippen LogP contribution in [-0.4, -0.2) is 6.54 Å². The molecular weight excluding hydrogens is 201 g/mol. The average Bonchev–Trinajstić information content (AvgIpc) is 2.18. The lowest BCUT2D eigenvalue weighted by Crippen LogP contribution is -2.14. The van der Waals surface area contributed by atoms with Gasteiger partial charge in [0, 0.05) is 19.5 Å². The molecule has 0 saturated carbocycles. The fraction of sp³-hybridized carbons (Fsp3) is 0.273. The van der Waals surface area contributed by atoms with Gasteiger partial charge in [0.1, 0.15) is 5.82 Å². The van der Waals surface area contributed by atoms with Crippen molar-refractivity contribution in [3.8, 4) is 12.3 Å². The molecule has 1 nitrogen and oxygen atoms in total. The third kappa shape index (κ3) is 3.37. The summed E-state index contributed by atoms with van der Waals surface area (Å²) in [6, 6.07) is 4.76. The van der Waals surface area contributed by atoms with Gasteiger partial charge in [-0.05, 0) is 17.7 Å². The Morgan fingerprint density at radius 3 is 2.93 bits per heavy atom. The highest BCUT2D eigenvalue weighted by atomic mass is 35.5. The van der Waals surface area contributed by atoms with Crippen molar-refractivity contribution >= 4 is 11.6 Å². The second-order valence-electron chi connectivity index (χ2n) is 2.88. The van der Waals surface area contributed by atoms with Gasteiger partial charge in [0.2, 0.25) is 0 Å². The van der Waals surface area contributed by atoms with Crippen molar-refractivity contribution in [2.24, 2.45) is 0 Å². The molecule has 0 amide bonds. The van der Waals surface area contributed by atoms with Crippen LogP contribution in [0.2, 0.25) is 5.02 Å². The van der Waals surface area contributed by atoms with E-state index in [0.717, 1.165) is 12.1 Å². The molecule has 1 aromatic carbocycles. The normalized spacial score (nSPS) is 9.79. The van der Waals surface area contributed by atoms with Crippen LogP contribution < -0.4 is 5.32 Å². The van der Waals surface area contributed by atoms with Gasteiger partial charge >= 0.3 is 0 Å². The smallest absolute Gasteiger partial charge is 0.142 e. The van der Waals surface area contributed by atoms with Crippen LogP contribution >= 0.6 is 11.6 Å². The summed E-state index contributed by atoms with van der Waals surface area (Å²) in [7, 11) is 0.